The summed E-state index contributed by atoms with van der Waals surface area (Å²) in [6.07, 6.45) is 0. The molecule has 5 nitrogen and oxygen atoms in total. The van der Waals surface area contributed by atoms with Crippen molar-refractivity contribution in [1.29, 1.82) is 0 Å². The number of carbonyl (C=O) groups is 2. The van der Waals surface area contributed by atoms with Gasteiger partial charge in [0, 0.05) is 35.2 Å². The van der Waals surface area contributed by atoms with Gasteiger partial charge in [0.1, 0.15) is 5.56 Å². The van der Waals surface area contributed by atoms with E-state index in [4.69, 9.17) is 0 Å². The normalized spacial score (nSPS) is 10.5. The lowest BCUT2D eigenvalue weighted by Crippen LogP contribution is -2.14. The molecule has 0 aliphatic heterocycles. The summed E-state index contributed by atoms with van der Waals surface area (Å²) in [5.74, 6) is -1.42. The maximum Gasteiger partial charge on any atom is 0.339 e. The topological polar surface area (TPSA) is 69.6 Å². The minimum Gasteiger partial charge on any atom is -0.478 e. The quantitative estimate of drug-likeness (QED) is 0.567. The molecule has 1 heterocycles. The van der Waals surface area contributed by atoms with E-state index in [1.165, 1.54) is 11.3 Å². The number of hydrogen-bond donors (Lipinski definition) is 2. The molecule has 0 saturated carbocycles. The van der Waals surface area contributed by atoms with Gasteiger partial charge in [-0.25, -0.2) is 4.79 Å². The highest BCUT2D eigenvalue weighted by atomic mass is 79.9. The minimum atomic E-state index is -1.08. The van der Waals surface area contributed by atoms with Crippen molar-refractivity contribution in [2.45, 2.75) is 0 Å². The van der Waals surface area contributed by atoms with Crippen LogP contribution in [0.5, 0.6) is 0 Å². The molecule has 7 heteroatoms. The van der Waals surface area contributed by atoms with Crippen molar-refractivity contribution in [1.82, 2.24) is 0 Å². The van der Waals surface area contributed by atoms with E-state index in [9.17, 15) is 14.7 Å². The summed E-state index contributed by atoms with van der Waals surface area (Å²) in [6.45, 7) is 0. The first-order chi connectivity index (χ1) is 12.9. The molecule has 3 aromatic rings. The van der Waals surface area contributed by atoms with Crippen molar-refractivity contribution in [2.24, 2.45) is 0 Å². The first-order valence-corrected chi connectivity index (χ1v) is 9.73. The Bertz CT molecular complexity index is 979. The van der Waals surface area contributed by atoms with Crippen LogP contribution >= 0.6 is 27.3 Å². The standard InChI is InChI=1S/C20H17BrN2O3S/c1-23(2)15-9-5-13(6-10-15)19(24)22-16-11-27-18(17(16)20(25)26)12-3-7-14(21)8-4-12/h3-11H,1-2H3,(H,22,24)(H,25,26). The van der Waals surface area contributed by atoms with E-state index in [0.717, 1.165) is 15.7 Å². The molecule has 1 amide bonds. The van der Waals surface area contributed by atoms with Crippen LogP contribution in [0.25, 0.3) is 10.4 Å². The largest absolute Gasteiger partial charge is 0.478 e. The van der Waals surface area contributed by atoms with Gasteiger partial charge in [0.25, 0.3) is 5.91 Å². The highest BCUT2D eigenvalue weighted by Crippen LogP contribution is 2.36. The second-order valence-corrected chi connectivity index (χ2v) is 7.86. The Hall–Kier alpha value is -2.64. The number of thiophene rings is 1. The summed E-state index contributed by atoms with van der Waals surface area (Å²) >= 11 is 4.66. The van der Waals surface area contributed by atoms with Gasteiger partial charge in [0.05, 0.1) is 10.6 Å². The van der Waals surface area contributed by atoms with Gasteiger partial charge in [-0.1, -0.05) is 28.1 Å². The van der Waals surface area contributed by atoms with Crippen molar-refractivity contribution in [3.8, 4) is 10.4 Å². The van der Waals surface area contributed by atoms with Crippen molar-refractivity contribution in [3.63, 3.8) is 0 Å². The van der Waals surface area contributed by atoms with Crippen molar-refractivity contribution < 1.29 is 14.7 Å². The second-order valence-electron chi connectivity index (χ2n) is 6.06. The molecule has 3 rings (SSSR count). The highest BCUT2D eigenvalue weighted by Gasteiger charge is 2.21. The molecule has 0 saturated heterocycles. The molecule has 0 bridgehead atoms. The average molecular weight is 445 g/mol. The molecular formula is C20H17BrN2O3S. The summed E-state index contributed by atoms with van der Waals surface area (Å²) in [6, 6.07) is 14.5. The van der Waals surface area contributed by atoms with Crippen LogP contribution in [0.2, 0.25) is 0 Å². The number of amides is 1. The zero-order valence-corrected chi connectivity index (χ0v) is 17.1. The maximum absolute atomic E-state index is 12.5. The Morgan fingerprint density at radius 2 is 1.67 bits per heavy atom. The Labute approximate surface area is 169 Å². The summed E-state index contributed by atoms with van der Waals surface area (Å²) in [5, 5.41) is 14.1. The van der Waals surface area contributed by atoms with Crippen LogP contribution in [0.4, 0.5) is 11.4 Å². The third kappa shape index (κ3) is 4.20. The van der Waals surface area contributed by atoms with Crippen LogP contribution in [-0.4, -0.2) is 31.1 Å². The fourth-order valence-electron chi connectivity index (χ4n) is 2.58. The third-order valence-corrected chi connectivity index (χ3v) is 5.56. The van der Waals surface area contributed by atoms with E-state index in [-0.39, 0.29) is 11.5 Å². The number of benzene rings is 2. The first-order valence-electron chi connectivity index (χ1n) is 8.06. The average Bonchev–Trinajstić information content (AvgIpc) is 3.06. The fourth-order valence-corrected chi connectivity index (χ4v) is 3.85. The van der Waals surface area contributed by atoms with E-state index >= 15 is 0 Å². The van der Waals surface area contributed by atoms with Gasteiger partial charge >= 0.3 is 5.97 Å². The molecule has 0 spiro atoms. The number of carboxylic acid groups (broad SMARTS) is 1. The lowest BCUT2D eigenvalue weighted by molar-refractivity contribution is 0.0699. The molecule has 2 N–H and O–H groups in total. The lowest BCUT2D eigenvalue weighted by atomic mass is 10.1. The molecule has 0 atom stereocenters. The molecule has 0 aliphatic rings. The number of aromatic carboxylic acids is 1. The molecule has 2 aromatic carbocycles. The molecule has 0 unspecified atom stereocenters. The predicted molar refractivity (Wildman–Crippen MR) is 113 cm³/mol. The monoisotopic (exact) mass is 444 g/mol. The Balaban J connectivity index is 1.89. The van der Waals surface area contributed by atoms with Crippen molar-refractivity contribution >= 4 is 50.5 Å². The van der Waals surface area contributed by atoms with Crippen molar-refractivity contribution in [3.05, 3.63) is 69.5 Å². The predicted octanol–water partition coefficient (Wildman–Crippen LogP) is 5.19. The lowest BCUT2D eigenvalue weighted by Gasteiger charge is -2.12. The molecule has 0 fully saturated rings. The van der Waals surface area contributed by atoms with Crippen molar-refractivity contribution in [2.75, 3.05) is 24.3 Å². The van der Waals surface area contributed by atoms with Crippen LogP contribution in [0, 0.1) is 0 Å². The Morgan fingerprint density at radius 1 is 1.04 bits per heavy atom. The SMILES string of the molecule is CN(C)c1ccc(C(=O)Nc2csc(-c3ccc(Br)cc3)c2C(=O)O)cc1. The smallest absolute Gasteiger partial charge is 0.339 e. The summed E-state index contributed by atoms with van der Waals surface area (Å²) in [7, 11) is 3.84. The van der Waals surface area contributed by atoms with Crippen LogP contribution in [-0.2, 0) is 0 Å². The number of rotatable bonds is 5. The Kier molecular flexibility index (Phi) is 5.62. The van der Waals surface area contributed by atoms with Crippen LogP contribution in [0.3, 0.4) is 0 Å². The van der Waals surface area contributed by atoms with Gasteiger partial charge in [0.15, 0.2) is 0 Å². The van der Waals surface area contributed by atoms with Gasteiger partial charge in [-0.2, -0.15) is 0 Å². The van der Waals surface area contributed by atoms with E-state index in [1.54, 1.807) is 17.5 Å². The number of carbonyl (C=O) groups excluding carboxylic acids is 1. The number of carboxylic acids is 1. The third-order valence-electron chi connectivity index (χ3n) is 4.01. The number of halogens is 1. The van der Waals surface area contributed by atoms with E-state index in [1.807, 2.05) is 55.4 Å². The Morgan fingerprint density at radius 3 is 2.22 bits per heavy atom. The fraction of sp³-hybridized carbons (Fsp3) is 0.100. The van der Waals surface area contributed by atoms with Gasteiger partial charge in [-0.15, -0.1) is 11.3 Å². The maximum atomic E-state index is 12.5. The van der Waals surface area contributed by atoms with Gasteiger partial charge in [-0.05, 0) is 42.0 Å². The van der Waals surface area contributed by atoms with Gasteiger partial charge in [-0.3, -0.25) is 4.79 Å². The number of hydrogen-bond acceptors (Lipinski definition) is 4. The number of anilines is 2. The summed E-state index contributed by atoms with van der Waals surface area (Å²) in [4.78, 5) is 26.9. The number of nitrogens with zero attached hydrogens (tertiary/aromatic N) is 1. The zero-order valence-electron chi connectivity index (χ0n) is 14.7. The van der Waals surface area contributed by atoms with Gasteiger partial charge < -0.3 is 15.3 Å². The van der Waals surface area contributed by atoms with Crippen LogP contribution in [0.15, 0.2) is 58.4 Å². The van der Waals surface area contributed by atoms with E-state index < -0.39 is 5.97 Å². The van der Waals surface area contributed by atoms with Crippen LogP contribution in [0.1, 0.15) is 20.7 Å². The van der Waals surface area contributed by atoms with E-state index in [2.05, 4.69) is 21.2 Å². The minimum absolute atomic E-state index is 0.0978. The molecule has 1 aromatic heterocycles. The molecule has 0 radical (unpaired) electrons. The molecule has 27 heavy (non-hydrogen) atoms. The molecule has 138 valence electrons. The summed E-state index contributed by atoms with van der Waals surface area (Å²) < 4.78 is 0.911. The highest BCUT2D eigenvalue weighted by molar-refractivity contribution is 9.10. The zero-order chi connectivity index (χ0) is 19.6. The summed E-state index contributed by atoms with van der Waals surface area (Å²) in [5.41, 5.74) is 2.63. The molecular weight excluding hydrogens is 428 g/mol. The molecule has 0 aliphatic carbocycles. The second kappa shape index (κ2) is 7.94. The van der Waals surface area contributed by atoms with Gasteiger partial charge in [0.2, 0.25) is 0 Å². The van der Waals surface area contributed by atoms with Crippen LogP contribution < -0.4 is 10.2 Å². The van der Waals surface area contributed by atoms with E-state index in [0.29, 0.717) is 16.1 Å². The first kappa shape index (κ1) is 19.1. The number of nitrogens with one attached hydrogen (secondary N) is 1.